The van der Waals surface area contributed by atoms with Gasteiger partial charge in [-0.1, -0.05) is 38.7 Å². The van der Waals surface area contributed by atoms with Crippen LogP contribution < -0.4 is 0 Å². The van der Waals surface area contributed by atoms with Gasteiger partial charge < -0.3 is 19.4 Å². The summed E-state index contributed by atoms with van der Waals surface area (Å²) in [5.41, 5.74) is 0. The number of carbonyl (C=O) groups is 1. The minimum absolute atomic E-state index is 0.120. The van der Waals surface area contributed by atoms with Crippen LogP contribution in [0.3, 0.4) is 0 Å². The zero-order valence-electron chi connectivity index (χ0n) is 12.8. The van der Waals surface area contributed by atoms with Gasteiger partial charge >= 0.3 is 21.6 Å². The molecule has 0 aliphatic carbocycles. The average Bonchev–Trinajstić information content (AvgIpc) is 2.41. The van der Waals surface area contributed by atoms with Gasteiger partial charge in [0.25, 0.3) is 0 Å². The summed E-state index contributed by atoms with van der Waals surface area (Å²) in [4.78, 5) is 36.6. The van der Waals surface area contributed by atoms with Crippen LogP contribution in [0.5, 0.6) is 0 Å². The van der Waals surface area contributed by atoms with Crippen molar-refractivity contribution in [2.45, 2.75) is 44.9 Å². The van der Waals surface area contributed by atoms with Gasteiger partial charge in [0.1, 0.15) is 0 Å². The minimum Gasteiger partial charge on any atom is -0.463 e. The molecule has 0 heterocycles. The van der Waals surface area contributed by atoms with E-state index in [2.05, 4.69) is 15.4 Å². The molecule has 3 N–H and O–H groups in total. The highest BCUT2D eigenvalue weighted by atomic mass is 31.3. The SMILES string of the molecule is C=CC(=O)OCCCCCCCCCOP(=O)(O)OP(=O)(O)O. The predicted molar refractivity (Wildman–Crippen MR) is 82.4 cm³/mol. The first-order chi connectivity index (χ1) is 10.7. The Kier molecular flexibility index (Phi) is 11.6. The highest BCUT2D eigenvalue weighted by Crippen LogP contribution is 2.57. The summed E-state index contributed by atoms with van der Waals surface area (Å²) < 4.78 is 34.4. The van der Waals surface area contributed by atoms with Crippen molar-refractivity contribution in [3.05, 3.63) is 12.7 Å². The van der Waals surface area contributed by atoms with Gasteiger partial charge in [0.15, 0.2) is 0 Å². The molecule has 0 spiro atoms. The molecule has 0 saturated heterocycles. The molecule has 9 nitrogen and oxygen atoms in total. The van der Waals surface area contributed by atoms with Crippen LogP contribution in [0.15, 0.2) is 12.7 Å². The Morgan fingerprint density at radius 1 is 0.913 bits per heavy atom. The average molecular weight is 374 g/mol. The topological polar surface area (TPSA) is 140 Å². The van der Waals surface area contributed by atoms with Crippen molar-refractivity contribution in [2.75, 3.05) is 13.2 Å². The molecule has 11 heteroatoms. The molecule has 0 rings (SSSR count). The number of hydrogen-bond donors (Lipinski definition) is 3. The second-order valence-electron chi connectivity index (χ2n) is 4.72. The van der Waals surface area contributed by atoms with Crippen LogP contribution in [0.4, 0.5) is 0 Å². The lowest BCUT2D eigenvalue weighted by Gasteiger charge is -2.12. The summed E-state index contributed by atoms with van der Waals surface area (Å²) in [7, 11) is -9.76. The Morgan fingerprint density at radius 3 is 1.87 bits per heavy atom. The van der Waals surface area contributed by atoms with E-state index in [-0.39, 0.29) is 6.61 Å². The molecule has 0 aliphatic rings. The van der Waals surface area contributed by atoms with E-state index in [4.69, 9.17) is 19.4 Å². The lowest BCUT2D eigenvalue weighted by atomic mass is 10.1. The summed E-state index contributed by atoms with van der Waals surface area (Å²) in [6.07, 6.45) is 6.91. The van der Waals surface area contributed by atoms with Crippen molar-refractivity contribution >= 4 is 21.6 Å². The fourth-order valence-electron chi connectivity index (χ4n) is 1.66. The maximum atomic E-state index is 11.1. The van der Waals surface area contributed by atoms with Crippen LogP contribution >= 0.6 is 15.6 Å². The first kappa shape index (κ1) is 22.5. The Hall–Kier alpha value is -0.530. The third kappa shape index (κ3) is 16.1. The first-order valence-corrected chi connectivity index (χ1v) is 10.2. The molecule has 23 heavy (non-hydrogen) atoms. The number of rotatable bonds is 14. The van der Waals surface area contributed by atoms with Crippen LogP contribution in [0, 0.1) is 0 Å². The van der Waals surface area contributed by atoms with Gasteiger partial charge in [-0.15, -0.1) is 0 Å². The fourth-order valence-corrected chi connectivity index (χ4v) is 3.28. The van der Waals surface area contributed by atoms with E-state index in [1.165, 1.54) is 0 Å². The number of unbranched alkanes of at least 4 members (excludes halogenated alkanes) is 6. The molecule has 136 valence electrons. The minimum atomic E-state index is -5.05. The predicted octanol–water partition coefficient (Wildman–Crippen LogP) is 2.67. The second kappa shape index (κ2) is 11.9. The number of hydrogen-bond acceptors (Lipinski definition) is 6. The molecule has 0 saturated carbocycles. The molecule has 0 bridgehead atoms. The van der Waals surface area contributed by atoms with Gasteiger partial charge in [0, 0.05) is 6.08 Å². The van der Waals surface area contributed by atoms with E-state index >= 15 is 0 Å². The van der Waals surface area contributed by atoms with Crippen LogP contribution in [-0.2, 0) is 27.5 Å². The maximum Gasteiger partial charge on any atom is 0.481 e. The maximum absolute atomic E-state index is 11.1. The van der Waals surface area contributed by atoms with E-state index in [1.54, 1.807) is 0 Å². The molecular formula is C12H24O9P2. The van der Waals surface area contributed by atoms with E-state index in [0.717, 1.165) is 44.6 Å². The number of phosphoric ester groups is 1. The summed E-state index contributed by atoms with van der Waals surface area (Å²) in [6.45, 7) is 3.55. The quantitative estimate of drug-likeness (QED) is 0.181. The van der Waals surface area contributed by atoms with Gasteiger partial charge in [-0.2, -0.15) is 4.31 Å². The number of phosphoric acid groups is 2. The van der Waals surface area contributed by atoms with E-state index in [1.807, 2.05) is 0 Å². The molecule has 1 unspecified atom stereocenters. The Labute approximate surface area is 135 Å². The first-order valence-electron chi connectivity index (χ1n) is 7.20. The molecule has 0 aliphatic heterocycles. The van der Waals surface area contributed by atoms with Crippen LogP contribution in [0.2, 0.25) is 0 Å². The third-order valence-corrected chi connectivity index (χ3v) is 4.85. The zero-order chi connectivity index (χ0) is 17.8. The summed E-state index contributed by atoms with van der Waals surface area (Å²) in [6, 6.07) is 0. The van der Waals surface area contributed by atoms with Crippen molar-refractivity contribution in [3.63, 3.8) is 0 Å². The lowest BCUT2D eigenvalue weighted by Crippen LogP contribution is -2.01. The van der Waals surface area contributed by atoms with Crippen molar-refractivity contribution in [3.8, 4) is 0 Å². The van der Waals surface area contributed by atoms with Crippen molar-refractivity contribution < 1.29 is 42.2 Å². The lowest BCUT2D eigenvalue weighted by molar-refractivity contribution is -0.137. The fraction of sp³-hybridized carbons (Fsp3) is 0.750. The zero-order valence-corrected chi connectivity index (χ0v) is 14.6. The van der Waals surface area contributed by atoms with Crippen molar-refractivity contribution in [1.29, 1.82) is 0 Å². The van der Waals surface area contributed by atoms with Crippen molar-refractivity contribution in [2.24, 2.45) is 0 Å². The van der Waals surface area contributed by atoms with Crippen molar-refractivity contribution in [1.82, 2.24) is 0 Å². The van der Waals surface area contributed by atoms with Gasteiger partial charge in [0.05, 0.1) is 13.2 Å². The number of carbonyl (C=O) groups excluding carboxylic acids is 1. The van der Waals surface area contributed by atoms with E-state index in [0.29, 0.717) is 13.0 Å². The molecule has 0 aromatic rings. The molecule has 0 radical (unpaired) electrons. The monoisotopic (exact) mass is 374 g/mol. The molecular weight excluding hydrogens is 350 g/mol. The van der Waals surface area contributed by atoms with Gasteiger partial charge in [-0.05, 0) is 12.8 Å². The summed E-state index contributed by atoms with van der Waals surface area (Å²) >= 11 is 0. The number of ether oxygens (including phenoxy) is 1. The van der Waals surface area contributed by atoms with Gasteiger partial charge in [-0.3, -0.25) is 4.52 Å². The van der Waals surface area contributed by atoms with E-state index in [9.17, 15) is 13.9 Å². The highest BCUT2D eigenvalue weighted by molar-refractivity contribution is 7.60. The van der Waals surface area contributed by atoms with Crippen LogP contribution in [0.25, 0.3) is 0 Å². The third-order valence-electron chi connectivity index (χ3n) is 2.66. The summed E-state index contributed by atoms with van der Waals surface area (Å²) in [5.74, 6) is -0.422. The molecule has 0 fully saturated rings. The van der Waals surface area contributed by atoms with E-state index < -0.39 is 21.6 Å². The Balaban J connectivity index is 3.43. The Morgan fingerprint density at radius 2 is 1.39 bits per heavy atom. The number of esters is 1. The largest absolute Gasteiger partial charge is 0.481 e. The molecule has 0 aromatic heterocycles. The molecule has 1 atom stereocenters. The Bertz CT molecular complexity index is 446. The normalized spacial score (nSPS) is 14.2. The highest BCUT2D eigenvalue weighted by Gasteiger charge is 2.31. The van der Waals surface area contributed by atoms with Crippen LogP contribution in [-0.4, -0.2) is 33.9 Å². The van der Waals surface area contributed by atoms with Gasteiger partial charge in [0.2, 0.25) is 0 Å². The molecule has 0 aromatic carbocycles. The molecule has 0 amide bonds. The standard InChI is InChI=1S/C12H24O9P2/c1-2-12(13)19-10-8-6-4-3-5-7-9-11-20-23(17,18)21-22(14,15)16/h2H,1,3-11H2,(H,17,18)(H2,14,15,16). The summed E-state index contributed by atoms with van der Waals surface area (Å²) in [5, 5.41) is 0. The van der Waals surface area contributed by atoms with Gasteiger partial charge in [-0.25, -0.2) is 13.9 Å². The second-order valence-corrected chi connectivity index (χ2v) is 7.55. The van der Waals surface area contributed by atoms with Crippen LogP contribution in [0.1, 0.15) is 44.9 Å². The smallest absolute Gasteiger partial charge is 0.463 e.